The van der Waals surface area contributed by atoms with Crippen LogP contribution in [0.5, 0.6) is 5.75 Å². The Morgan fingerprint density at radius 2 is 2.04 bits per heavy atom. The molecule has 0 amide bonds. The smallest absolute Gasteiger partial charge is 0.261 e. The Balaban J connectivity index is 1.21. The minimum absolute atomic E-state index is 0.172. The van der Waals surface area contributed by atoms with Gasteiger partial charge < -0.3 is 20.3 Å². The third kappa shape index (κ3) is 5.85. The molecule has 3 heterocycles. The third-order valence-electron chi connectivity index (χ3n) is 10.9. The molecule has 0 spiro atoms. The number of aryl methyl sites for hydroxylation is 1. The lowest BCUT2D eigenvalue weighted by Gasteiger charge is -2.61. The van der Waals surface area contributed by atoms with Crippen LogP contribution in [-0.4, -0.2) is 79.9 Å². The van der Waals surface area contributed by atoms with Crippen molar-refractivity contribution >= 4 is 22.5 Å². The van der Waals surface area contributed by atoms with Crippen molar-refractivity contribution in [3.8, 4) is 17.4 Å². The first-order valence-corrected chi connectivity index (χ1v) is 16.6. The van der Waals surface area contributed by atoms with Crippen molar-refractivity contribution in [2.24, 2.45) is 28.2 Å². The molecule has 4 aromatic rings. The minimum Gasteiger partial charge on any atom is -0.497 e. The summed E-state index contributed by atoms with van der Waals surface area (Å²) in [6, 6.07) is 10.9. The molecule has 2 aromatic carbocycles. The zero-order valence-corrected chi connectivity index (χ0v) is 27.6. The van der Waals surface area contributed by atoms with Gasteiger partial charge in [-0.1, -0.05) is 26.8 Å². The van der Waals surface area contributed by atoms with Crippen LogP contribution in [0.25, 0.3) is 22.6 Å². The summed E-state index contributed by atoms with van der Waals surface area (Å²) in [7, 11) is 1.49. The van der Waals surface area contributed by atoms with Gasteiger partial charge in [-0.25, -0.2) is 14.4 Å². The average molecular weight is 643 g/mol. The molecular weight excluding hydrogens is 599 g/mol. The number of nitrogens with one attached hydrogen (secondary N) is 3. The highest BCUT2D eigenvalue weighted by Crippen LogP contribution is 2.61. The number of aromatic nitrogens is 6. The van der Waals surface area contributed by atoms with E-state index in [2.05, 4.69) is 63.9 Å². The number of tetrazole rings is 1. The molecular formula is C34H43FN10O2. The van der Waals surface area contributed by atoms with Gasteiger partial charge in [0.15, 0.2) is 11.8 Å². The maximum Gasteiger partial charge on any atom is 0.261 e. The number of nitrogens with zero attached hydrogens (tertiary/aromatic N) is 7. The van der Waals surface area contributed by atoms with Gasteiger partial charge in [0.1, 0.15) is 11.6 Å². The number of fused-ring (bicyclic) bond motifs is 3. The van der Waals surface area contributed by atoms with Gasteiger partial charge in [0, 0.05) is 44.0 Å². The maximum absolute atomic E-state index is 14.8. The number of rotatable bonds is 7. The van der Waals surface area contributed by atoms with Crippen LogP contribution < -0.4 is 20.9 Å². The molecule has 3 N–H and O–H groups in total. The predicted octanol–water partition coefficient (Wildman–Crippen LogP) is 4.10. The normalized spacial score (nSPS) is 25.4. The Bertz CT molecular complexity index is 1860. The molecule has 0 radical (unpaired) electrons. The van der Waals surface area contributed by atoms with Crippen LogP contribution in [0, 0.1) is 29.0 Å². The Hall–Kier alpha value is -4.39. The highest BCUT2D eigenvalue weighted by Gasteiger charge is 2.56. The van der Waals surface area contributed by atoms with Crippen LogP contribution in [0.15, 0.2) is 46.2 Å². The number of halogens is 1. The predicted molar refractivity (Wildman–Crippen MR) is 179 cm³/mol. The molecule has 5 unspecified atom stereocenters. The number of piperazine rings is 1. The lowest BCUT2D eigenvalue weighted by molar-refractivity contribution is -0.108. The summed E-state index contributed by atoms with van der Waals surface area (Å²) in [6.45, 7) is 12.1. The first-order chi connectivity index (χ1) is 22.6. The van der Waals surface area contributed by atoms with E-state index in [9.17, 15) is 9.18 Å². The minimum atomic E-state index is -0.400. The van der Waals surface area contributed by atoms with Crippen molar-refractivity contribution in [3.05, 3.63) is 58.1 Å². The van der Waals surface area contributed by atoms with Crippen LogP contribution >= 0.6 is 0 Å². The first-order valence-electron chi connectivity index (χ1n) is 16.6. The summed E-state index contributed by atoms with van der Waals surface area (Å²) >= 11 is 0. The number of aliphatic imine (C=N–C) groups is 1. The molecule has 3 aliphatic carbocycles. The standard InChI is InChI=1S/C34H43FN10O2/c1-19-18-44(13-11-36-19)33(39-28-15-22-14-26(20(28)2)34(22,3)4)37-23-7-9-25-29(16-23)38-31(30-40-42-43-41-30)45(32(25)46)12-10-21-6-8-24(47-5)17-27(21)35/h6-9,16-17,19-20,22,26,28,36H,10-15,18H2,1-5H3,(H,37,39)(H,40,41,42,43). The molecule has 3 saturated carbocycles. The van der Waals surface area contributed by atoms with Gasteiger partial charge in [-0.05, 0) is 84.4 Å². The van der Waals surface area contributed by atoms with E-state index < -0.39 is 5.82 Å². The Morgan fingerprint density at radius 1 is 1.19 bits per heavy atom. The maximum atomic E-state index is 14.8. The fourth-order valence-corrected chi connectivity index (χ4v) is 7.92. The van der Waals surface area contributed by atoms with E-state index in [1.54, 1.807) is 18.2 Å². The second-order valence-corrected chi connectivity index (χ2v) is 14.0. The topological polar surface area (TPSA) is 138 Å². The van der Waals surface area contributed by atoms with E-state index in [0.29, 0.717) is 51.4 Å². The largest absolute Gasteiger partial charge is 0.497 e. The molecule has 1 aliphatic heterocycles. The summed E-state index contributed by atoms with van der Waals surface area (Å²) in [5.41, 5.74) is 1.87. The number of methoxy groups -OCH3 is 1. The van der Waals surface area contributed by atoms with Crippen molar-refractivity contribution < 1.29 is 9.13 Å². The van der Waals surface area contributed by atoms with E-state index in [1.165, 1.54) is 24.2 Å². The third-order valence-corrected chi connectivity index (χ3v) is 10.9. The molecule has 1 saturated heterocycles. The number of benzene rings is 2. The van der Waals surface area contributed by atoms with Crippen molar-refractivity contribution in [2.75, 3.05) is 32.1 Å². The van der Waals surface area contributed by atoms with Crippen molar-refractivity contribution in [1.82, 2.24) is 40.4 Å². The summed E-state index contributed by atoms with van der Waals surface area (Å²) in [4.78, 5) is 26.5. The average Bonchev–Trinajstić information content (AvgIpc) is 3.60. The fourth-order valence-electron chi connectivity index (χ4n) is 7.92. The van der Waals surface area contributed by atoms with E-state index in [-0.39, 0.29) is 36.2 Å². The number of guanidine groups is 1. The van der Waals surface area contributed by atoms with Crippen molar-refractivity contribution in [1.29, 1.82) is 0 Å². The molecule has 13 heteroatoms. The highest BCUT2D eigenvalue weighted by molar-refractivity contribution is 5.96. The summed E-state index contributed by atoms with van der Waals surface area (Å²) in [5.74, 6) is 3.23. The van der Waals surface area contributed by atoms with Gasteiger partial charge in [0.25, 0.3) is 5.56 Å². The number of aromatic amines is 1. The number of anilines is 1. The SMILES string of the molecule is COc1ccc(CCn2c(-c3nn[nH]n3)nc3cc(NC(=NC4CC5CC(C4C)C5(C)C)N4CCNC(C)C4)ccc3c2=O)c(F)c1. The first kappa shape index (κ1) is 31.2. The zero-order chi connectivity index (χ0) is 32.9. The van der Waals surface area contributed by atoms with E-state index >= 15 is 0 Å². The van der Waals surface area contributed by atoms with Gasteiger partial charge >= 0.3 is 0 Å². The molecule has 4 fully saturated rings. The molecule has 2 aromatic heterocycles. The van der Waals surface area contributed by atoms with E-state index in [0.717, 1.165) is 37.7 Å². The van der Waals surface area contributed by atoms with Gasteiger partial charge in [-0.15, -0.1) is 10.2 Å². The lowest BCUT2D eigenvalue weighted by Crippen LogP contribution is -2.57. The monoisotopic (exact) mass is 642 g/mol. The number of hydrogen-bond acceptors (Lipinski definition) is 8. The van der Waals surface area contributed by atoms with Crippen molar-refractivity contribution in [2.45, 2.75) is 65.6 Å². The Labute approximate surface area is 273 Å². The van der Waals surface area contributed by atoms with Crippen LogP contribution in [-0.2, 0) is 13.0 Å². The van der Waals surface area contributed by atoms with Crippen molar-refractivity contribution in [3.63, 3.8) is 0 Å². The molecule has 5 atom stereocenters. The van der Waals surface area contributed by atoms with E-state index in [4.69, 9.17) is 14.7 Å². The Kier molecular flexibility index (Phi) is 8.19. The highest BCUT2D eigenvalue weighted by atomic mass is 19.1. The van der Waals surface area contributed by atoms with Gasteiger partial charge in [-0.2, -0.15) is 5.21 Å². The number of H-pyrrole nitrogens is 1. The second kappa shape index (κ2) is 12.3. The molecule has 12 nitrogen and oxygen atoms in total. The molecule has 248 valence electrons. The summed E-state index contributed by atoms with van der Waals surface area (Å²) in [6.07, 6.45) is 2.67. The molecule has 2 bridgehead atoms. The fraction of sp³-hybridized carbons (Fsp3) is 0.529. The quantitative estimate of drug-likeness (QED) is 0.201. The lowest BCUT2D eigenvalue weighted by atomic mass is 9.45. The van der Waals surface area contributed by atoms with Crippen LogP contribution in [0.1, 0.15) is 46.1 Å². The number of hydrogen-bond donors (Lipinski definition) is 3. The number of ether oxygens (including phenoxy) is 1. The van der Waals surface area contributed by atoms with Gasteiger partial charge in [-0.3, -0.25) is 9.36 Å². The van der Waals surface area contributed by atoms with Crippen LogP contribution in [0.3, 0.4) is 0 Å². The van der Waals surface area contributed by atoms with Crippen LogP contribution in [0.2, 0.25) is 0 Å². The Morgan fingerprint density at radius 3 is 2.74 bits per heavy atom. The second-order valence-electron chi connectivity index (χ2n) is 14.0. The van der Waals surface area contributed by atoms with Gasteiger partial charge in [0.05, 0.1) is 24.1 Å². The molecule has 8 rings (SSSR count). The molecule has 4 aliphatic rings. The van der Waals surface area contributed by atoms with Crippen LogP contribution in [0.4, 0.5) is 10.1 Å². The zero-order valence-electron chi connectivity index (χ0n) is 27.6. The summed E-state index contributed by atoms with van der Waals surface area (Å²) < 4.78 is 21.4. The summed E-state index contributed by atoms with van der Waals surface area (Å²) in [5, 5.41) is 22.0. The van der Waals surface area contributed by atoms with Gasteiger partial charge in [0.2, 0.25) is 5.82 Å². The molecule has 47 heavy (non-hydrogen) atoms. The van der Waals surface area contributed by atoms with E-state index in [1.807, 2.05) is 12.1 Å².